The number of carbonyl (C=O) groups excluding carboxylic acids is 1. The summed E-state index contributed by atoms with van der Waals surface area (Å²) in [6, 6.07) is 0.592. The van der Waals surface area contributed by atoms with E-state index in [-0.39, 0.29) is 0 Å². The lowest BCUT2D eigenvalue weighted by Crippen LogP contribution is -2.48. The third kappa shape index (κ3) is 4.96. The normalized spacial score (nSPS) is 27.7. The Balaban J connectivity index is 1.74. The van der Waals surface area contributed by atoms with Crippen LogP contribution in [0.5, 0.6) is 0 Å². The lowest BCUT2D eigenvalue weighted by atomic mass is 9.69. The van der Waals surface area contributed by atoms with Gasteiger partial charge in [0.05, 0.1) is 0 Å². The standard InChI is InChI=1S/C17H33N3O/c1-17(2,3)14-6-4-5-7-15(14)19-9-8-16(21)20-12-10-18-11-13-20/h14-15,18-19H,4-13H2,1-3H3. The number of hydrogen-bond acceptors (Lipinski definition) is 3. The fraction of sp³-hybridized carbons (Fsp3) is 0.941. The van der Waals surface area contributed by atoms with Crippen molar-refractivity contribution in [1.29, 1.82) is 0 Å². The molecular weight excluding hydrogens is 262 g/mol. The summed E-state index contributed by atoms with van der Waals surface area (Å²) in [7, 11) is 0. The quantitative estimate of drug-likeness (QED) is 0.834. The molecule has 0 radical (unpaired) electrons. The van der Waals surface area contributed by atoms with Crippen molar-refractivity contribution in [3.8, 4) is 0 Å². The zero-order valence-electron chi connectivity index (χ0n) is 14.1. The van der Waals surface area contributed by atoms with Crippen LogP contribution in [0.1, 0.15) is 52.9 Å². The van der Waals surface area contributed by atoms with Crippen LogP contribution in [0.15, 0.2) is 0 Å². The molecule has 0 bridgehead atoms. The van der Waals surface area contributed by atoms with Crippen molar-refractivity contribution in [2.75, 3.05) is 32.7 Å². The molecule has 0 spiro atoms. The lowest BCUT2D eigenvalue weighted by Gasteiger charge is -2.41. The average molecular weight is 295 g/mol. The Kier molecular flexibility index (Phi) is 6.06. The molecule has 1 aliphatic carbocycles. The molecule has 2 unspecified atom stereocenters. The van der Waals surface area contributed by atoms with Crippen molar-refractivity contribution < 1.29 is 4.79 Å². The molecule has 2 aliphatic rings. The van der Waals surface area contributed by atoms with E-state index in [0.717, 1.165) is 38.6 Å². The molecular formula is C17H33N3O. The van der Waals surface area contributed by atoms with Crippen molar-refractivity contribution >= 4 is 5.91 Å². The lowest BCUT2D eigenvalue weighted by molar-refractivity contribution is -0.131. The first kappa shape index (κ1) is 16.8. The van der Waals surface area contributed by atoms with E-state index in [0.29, 0.717) is 23.8 Å². The molecule has 1 saturated heterocycles. The van der Waals surface area contributed by atoms with Gasteiger partial charge in [-0.25, -0.2) is 0 Å². The predicted octanol–water partition coefficient (Wildman–Crippen LogP) is 2.00. The van der Waals surface area contributed by atoms with E-state index in [1.54, 1.807) is 0 Å². The monoisotopic (exact) mass is 295 g/mol. The molecule has 1 saturated carbocycles. The highest BCUT2D eigenvalue weighted by molar-refractivity contribution is 5.76. The minimum absolute atomic E-state index is 0.312. The summed E-state index contributed by atoms with van der Waals surface area (Å²) in [5.41, 5.74) is 0.362. The summed E-state index contributed by atoms with van der Waals surface area (Å²) in [6.07, 6.45) is 5.93. The van der Waals surface area contributed by atoms with Crippen LogP contribution in [0, 0.1) is 11.3 Å². The van der Waals surface area contributed by atoms with Crippen LogP contribution in [0.4, 0.5) is 0 Å². The van der Waals surface area contributed by atoms with Crippen LogP contribution in [0.25, 0.3) is 0 Å². The third-order valence-electron chi connectivity index (χ3n) is 5.09. The van der Waals surface area contributed by atoms with Crippen LogP contribution in [-0.4, -0.2) is 49.6 Å². The molecule has 2 N–H and O–H groups in total. The smallest absolute Gasteiger partial charge is 0.223 e. The Bertz CT molecular complexity index is 331. The minimum Gasteiger partial charge on any atom is -0.340 e. The number of hydrogen-bond donors (Lipinski definition) is 2. The SMILES string of the molecule is CC(C)(C)C1CCCCC1NCCC(=O)N1CCNCC1. The van der Waals surface area contributed by atoms with Gasteiger partial charge in [0.1, 0.15) is 0 Å². The molecule has 4 heteroatoms. The molecule has 1 heterocycles. The molecule has 2 fully saturated rings. The van der Waals surface area contributed by atoms with Gasteiger partial charge in [0.25, 0.3) is 0 Å². The fourth-order valence-electron chi connectivity index (χ4n) is 3.85. The van der Waals surface area contributed by atoms with Crippen molar-refractivity contribution in [1.82, 2.24) is 15.5 Å². The summed E-state index contributed by atoms with van der Waals surface area (Å²) in [5, 5.41) is 6.98. The average Bonchev–Trinajstić information content (AvgIpc) is 2.47. The van der Waals surface area contributed by atoms with Gasteiger partial charge in [-0.15, -0.1) is 0 Å². The predicted molar refractivity (Wildman–Crippen MR) is 87.3 cm³/mol. The first-order chi connectivity index (χ1) is 9.98. The molecule has 21 heavy (non-hydrogen) atoms. The first-order valence-electron chi connectivity index (χ1n) is 8.70. The van der Waals surface area contributed by atoms with Gasteiger partial charge in [0.15, 0.2) is 0 Å². The van der Waals surface area contributed by atoms with Crippen LogP contribution in [-0.2, 0) is 4.79 Å². The molecule has 2 atom stereocenters. The number of piperazine rings is 1. The van der Waals surface area contributed by atoms with E-state index in [4.69, 9.17) is 0 Å². The number of carbonyl (C=O) groups is 1. The van der Waals surface area contributed by atoms with Crippen molar-refractivity contribution in [3.63, 3.8) is 0 Å². The van der Waals surface area contributed by atoms with Gasteiger partial charge in [-0.2, -0.15) is 0 Å². The van der Waals surface area contributed by atoms with Crippen LogP contribution >= 0.6 is 0 Å². The van der Waals surface area contributed by atoms with E-state index >= 15 is 0 Å². The highest BCUT2D eigenvalue weighted by Crippen LogP contribution is 2.37. The second-order valence-corrected chi connectivity index (χ2v) is 7.70. The van der Waals surface area contributed by atoms with E-state index in [2.05, 4.69) is 31.4 Å². The van der Waals surface area contributed by atoms with Gasteiger partial charge >= 0.3 is 0 Å². The van der Waals surface area contributed by atoms with Gasteiger partial charge in [0, 0.05) is 45.2 Å². The first-order valence-corrected chi connectivity index (χ1v) is 8.70. The summed E-state index contributed by atoms with van der Waals surface area (Å²) < 4.78 is 0. The Hall–Kier alpha value is -0.610. The van der Waals surface area contributed by atoms with Crippen LogP contribution < -0.4 is 10.6 Å². The molecule has 4 nitrogen and oxygen atoms in total. The maximum absolute atomic E-state index is 12.2. The second-order valence-electron chi connectivity index (χ2n) is 7.70. The zero-order chi connectivity index (χ0) is 15.3. The summed E-state index contributed by atoms with van der Waals surface area (Å²) in [6.45, 7) is 11.5. The largest absolute Gasteiger partial charge is 0.340 e. The Morgan fingerprint density at radius 2 is 1.86 bits per heavy atom. The second kappa shape index (κ2) is 7.59. The van der Waals surface area contributed by atoms with Crippen molar-refractivity contribution in [3.05, 3.63) is 0 Å². The summed E-state index contributed by atoms with van der Waals surface area (Å²) in [5.74, 6) is 1.05. The number of nitrogens with one attached hydrogen (secondary N) is 2. The highest BCUT2D eigenvalue weighted by atomic mass is 16.2. The van der Waals surface area contributed by atoms with Gasteiger partial charge in [-0.05, 0) is 24.2 Å². The molecule has 0 aromatic carbocycles. The number of nitrogens with zero attached hydrogens (tertiary/aromatic N) is 1. The van der Waals surface area contributed by atoms with Gasteiger partial charge in [-0.1, -0.05) is 33.6 Å². The Morgan fingerprint density at radius 3 is 2.52 bits per heavy atom. The van der Waals surface area contributed by atoms with Crippen LogP contribution in [0.3, 0.4) is 0 Å². The van der Waals surface area contributed by atoms with Gasteiger partial charge in [0.2, 0.25) is 5.91 Å². The number of amides is 1. The molecule has 1 amide bonds. The molecule has 0 aromatic heterocycles. The summed E-state index contributed by atoms with van der Waals surface area (Å²) >= 11 is 0. The van der Waals surface area contributed by atoms with Crippen LogP contribution in [0.2, 0.25) is 0 Å². The van der Waals surface area contributed by atoms with Crippen molar-refractivity contribution in [2.24, 2.45) is 11.3 Å². The Labute approximate surface area is 130 Å². The topological polar surface area (TPSA) is 44.4 Å². The summed E-state index contributed by atoms with van der Waals surface area (Å²) in [4.78, 5) is 14.2. The van der Waals surface area contributed by atoms with Gasteiger partial charge in [-0.3, -0.25) is 4.79 Å². The molecule has 0 aromatic rings. The van der Waals surface area contributed by atoms with E-state index in [9.17, 15) is 4.79 Å². The minimum atomic E-state index is 0.312. The molecule has 1 aliphatic heterocycles. The Morgan fingerprint density at radius 1 is 1.19 bits per heavy atom. The maximum atomic E-state index is 12.2. The van der Waals surface area contributed by atoms with Gasteiger partial charge < -0.3 is 15.5 Å². The number of rotatable bonds is 4. The maximum Gasteiger partial charge on any atom is 0.223 e. The molecule has 2 rings (SSSR count). The third-order valence-corrected chi connectivity index (χ3v) is 5.09. The fourth-order valence-corrected chi connectivity index (χ4v) is 3.85. The molecule has 122 valence electrons. The van der Waals surface area contributed by atoms with E-state index < -0.39 is 0 Å². The zero-order valence-corrected chi connectivity index (χ0v) is 14.1. The van der Waals surface area contributed by atoms with E-state index in [1.807, 2.05) is 4.90 Å². The van der Waals surface area contributed by atoms with Crippen molar-refractivity contribution in [2.45, 2.75) is 58.9 Å². The highest BCUT2D eigenvalue weighted by Gasteiger charge is 2.33. The van der Waals surface area contributed by atoms with E-state index in [1.165, 1.54) is 25.7 Å².